The maximum atomic E-state index is 10.4. The molecule has 0 aliphatic rings. The van der Waals surface area contributed by atoms with Crippen LogP contribution >= 0.6 is 11.6 Å². The topological polar surface area (TPSA) is 34.9 Å². The summed E-state index contributed by atoms with van der Waals surface area (Å²) in [6.45, 7) is 1.87. The van der Waals surface area contributed by atoms with Gasteiger partial charge in [0, 0.05) is 18.8 Å². The summed E-state index contributed by atoms with van der Waals surface area (Å²) in [6.07, 6.45) is 4.79. The van der Waals surface area contributed by atoms with Gasteiger partial charge in [-0.15, -0.1) is 0 Å². The molecule has 12 heavy (non-hydrogen) atoms. The number of hydrogen-bond donors (Lipinski definition) is 0. The normalized spacial score (nSPS) is 10.9. The van der Waals surface area contributed by atoms with Gasteiger partial charge >= 0.3 is 0 Å². The minimum Gasteiger partial charge on any atom is -0.276 e. The Labute approximate surface area is 75.6 Å². The van der Waals surface area contributed by atoms with E-state index in [1.54, 1.807) is 10.8 Å². The van der Waals surface area contributed by atoms with Crippen molar-refractivity contribution >= 4 is 22.9 Å². The van der Waals surface area contributed by atoms with Gasteiger partial charge in [0.05, 0.1) is 5.69 Å². The lowest BCUT2D eigenvalue weighted by Crippen LogP contribution is -1.86. The monoisotopic (exact) mass is 184 g/mol. The maximum absolute atomic E-state index is 10.4. The van der Waals surface area contributed by atoms with Gasteiger partial charge in [-0.2, -0.15) is 5.10 Å². The fraction of sp³-hybridized carbons (Fsp3) is 0.250. The number of aryl methyl sites for hydroxylation is 2. The zero-order chi connectivity index (χ0) is 9.14. The lowest BCUT2D eigenvalue weighted by molar-refractivity contribution is -0.107. The molecule has 0 bridgehead atoms. The first-order valence-corrected chi connectivity index (χ1v) is 3.85. The van der Waals surface area contributed by atoms with Gasteiger partial charge in [-0.1, -0.05) is 0 Å². The highest BCUT2D eigenvalue weighted by Gasteiger charge is 1.98. The highest BCUT2D eigenvalue weighted by molar-refractivity contribution is 6.66. The first-order valence-electron chi connectivity index (χ1n) is 3.47. The van der Waals surface area contributed by atoms with Crippen LogP contribution in [0.2, 0.25) is 0 Å². The average molecular weight is 185 g/mol. The van der Waals surface area contributed by atoms with Gasteiger partial charge in [-0.05, 0) is 30.7 Å². The van der Waals surface area contributed by atoms with E-state index in [0.717, 1.165) is 11.3 Å². The Morgan fingerprint density at radius 2 is 2.42 bits per heavy atom. The zero-order valence-electron chi connectivity index (χ0n) is 6.91. The smallest absolute Gasteiger partial charge is 0.245 e. The minimum absolute atomic E-state index is 0.474. The molecule has 64 valence electrons. The number of aromatic nitrogens is 2. The van der Waals surface area contributed by atoms with E-state index in [9.17, 15) is 4.79 Å². The third-order valence-corrected chi connectivity index (χ3v) is 1.57. The molecule has 1 heterocycles. The van der Waals surface area contributed by atoms with Crippen molar-refractivity contribution in [3.8, 4) is 0 Å². The lowest BCUT2D eigenvalue weighted by atomic mass is 10.2. The van der Waals surface area contributed by atoms with Crippen molar-refractivity contribution in [2.45, 2.75) is 6.92 Å². The third-order valence-electron chi connectivity index (χ3n) is 1.45. The molecular weight excluding hydrogens is 176 g/mol. The molecule has 1 rings (SSSR count). The molecule has 0 N–H and O–H groups in total. The molecule has 0 atom stereocenters. The number of hydrogen-bond acceptors (Lipinski definition) is 2. The van der Waals surface area contributed by atoms with Crippen molar-refractivity contribution in [3.63, 3.8) is 0 Å². The lowest BCUT2D eigenvalue weighted by Gasteiger charge is -1.83. The van der Waals surface area contributed by atoms with Gasteiger partial charge in [-0.25, -0.2) is 0 Å². The van der Waals surface area contributed by atoms with Crippen LogP contribution < -0.4 is 0 Å². The van der Waals surface area contributed by atoms with E-state index in [1.165, 1.54) is 6.08 Å². The number of rotatable bonds is 2. The Morgan fingerprint density at radius 1 is 1.75 bits per heavy atom. The second-order valence-corrected chi connectivity index (χ2v) is 2.85. The van der Waals surface area contributed by atoms with Crippen LogP contribution in [0.5, 0.6) is 0 Å². The van der Waals surface area contributed by atoms with Crippen molar-refractivity contribution in [2.75, 3.05) is 0 Å². The summed E-state index contributed by atoms with van der Waals surface area (Å²) < 4.78 is 1.69. The highest BCUT2D eigenvalue weighted by Crippen LogP contribution is 2.06. The van der Waals surface area contributed by atoms with Crippen LogP contribution in [0.4, 0.5) is 0 Å². The molecule has 0 aliphatic carbocycles. The van der Waals surface area contributed by atoms with Gasteiger partial charge < -0.3 is 0 Å². The predicted molar refractivity (Wildman–Crippen MR) is 47.8 cm³/mol. The average Bonchev–Trinajstić information content (AvgIpc) is 2.26. The second kappa shape index (κ2) is 3.54. The zero-order valence-corrected chi connectivity index (χ0v) is 7.67. The molecule has 0 aromatic carbocycles. The van der Waals surface area contributed by atoms with Gasteiger partial charge in [0.15, 0.2) is 0 Å². The summed E-state index contributed by atoms with van der Waals surface area (Å²) in [5.41, 5.74) is 1.79. The molecule has 1 aromatic rings. The Balaban J connectivity index is 2.89. The summed E-state index contributed by atoms with van der Waals surface area (Å²) in [5, 5.41) is 3.63. The molecule has 0 saturated carbocycles. The molecule has 0 aliphatic heterocycles. The van der Waals surface area contributed by atoms with Crippen molar-refractivity contribution < 1.29 is 4.79 Å². The number of halogens is 1. The van der Waals surface area contributed by atoms with Gasteiger partial charge in [-0.3, -0.25) is 9.48 Å². The van der Waals surface area contributed by atoms with E-state index in [1.807, 2.05) is 20.2 Å². The van der Waals surface area contributed by atoms with Crippen molar-refractivity contribution in [2.24, 2.45) is 7.05 Å². The van der Waals surface area contributed by atoms with Gasteiger partial charge in [0.2, 0.25) is 5.24 Å². The minimum atomic E-state index is -0.474. The van der Waals surface area contributed by atoms with Crippen LogP contribution in [-0.2, 0) is 11.8 Å². The fourth-order valence-electron chi connectivity index (χ4n) is 0.937. The Morgan fingerprint density at radius 3 is 2.83 bits per heavy atom. The van der Waals surface area contributed by atoms with E-state index in [0.29, 0.717) is 0 Å². The number of carbonyl (C=O) groups excluding carboxylic acids is 1. The SMILES string of the molecule is Cc1nn(C)cc1/C=C/C(=O)Cl. The predicted octanol–water partition coefficient (Wildman–Crippen LogP) is 1.51. The van der Waals surface area contributed by atoms with Crippen LogP contribution in [0.3, 0.4) is 0 Å². The summed E-state index contributed by atoms with van der Waals surface area (Å²) in [4.78, 5) is 10.4. The number of allylic oxidation sites excluding steroid dienone is 1. The van der Waals surface area contributed by atoms with E-state index in [4.69, 9.17) is 11.6 Å². The van der Waals surface area contributed by atoms with Crippen LogP contribution in [0, 0.1) is 6.92 Å². The number of carbonyl (C=O) groups is 1. The number of nitrogens with zero attached hydrogens (tertiary/aromatic N) is 2. The van der Waals surface area contributed by atoms with Crippen molar-refractivity contribution in [1.29, 1.82) is 0 Å². The Kier molecular flexibility index (Phi) is 2.65. The second-order valence-electron chi connectivity index (χ2n) is 2.48. The largest absolute Gasteiger partial charge is 0.276 e. The van der Waals surface area contributed by atoms with Crippen LogP contribution in [0.15, 0.2) is 12.3 Å². The quantitative estimate of drug-likeness (QED) is 0.516. The first-order chi connectivity index (χ1) is 5.59. The molecule has 0 saturated heterocycles. The molecule has 0 spiro atoms. The Hall–Kier alpha value is -1.09. The van der Waals surface area contributed by atoms with Gasteiger partial charge in [0.25, 0.3) is 0 Å². The molecule has 3 nitrogen and oxygen atoms in total. The highest BCUT2D eigenvalue weighted by atomic mass is 35.5. The molecule has 0 radical (unpaired) electrons. The Bertz CT molecular complexity index is 328. The molecule has 0 amide bonds. The van der Waals surface area contributed by atoms with E-state index >= 15 is 0 Å². The van der Waals surface area contributed by atoms with E-state index in [-0.39, 0.29) is 0 Å². The molecule has 0 fully saturated rings. The standard InChI is InChI=1S/C8H9ClN2O/c1-6-7(3-4-8(9)12)5-11(2)10-6/h3-5H,1-2H3/b4-3+. The van der Waals surface area contributed by atoms with Gasteiger partial charge in [0.1, 0.15) is 0 Å². The molecule has 4 heteroatoms. The van der Waals surface area contributed by atoms with E-state index in [2.05, 4.69) is 5.10 Å². The van der Waals surface area contributed by atoms with Crippen LogP contribution in [-0.4, -0.2) is 15.0 Å². The summed E-state index contributed by atoms with van der Waals surface area (Å²) in [6, 6.07) is 0. The third kappa shape index (κ3) is 2.20. The fourth-order valence-corrected chi connectivity index (χ4v) is 1.000. The summed E-state index contributed by atoms with van der Waals surface area (Å²) >= 11 is 5.13. The summed E-state index contributed by atoms with van der Waals surface area (Å²) in [7, 11) is 1.83. The molecule has 1 aromatic heterocycles. The maximum Gasteiger partial charge on any atom is 0.245 e. The van der Waals surface area contributed by atoms with Crippen LogP contribution in [0.1, 0.15) is 11.3 Å². The first kappa shape index (κ1) is 9.00. The summed E-state index contributed by atoms with van der Waals surface area (Å²) in [5.74, 6) is 0. The van der Waals surface area contributed by atoms with Crippen molar-refractivity contribution in [1.82, 2.24) is 9.78 Å². The molecular formula is C8H9ClN2O. The van der Waals surface area contributed by atoms with E-state index < -0.39 is 5.24 Å². The van der Waals surface area contributed by atoms with Crippen molar-refractivity contribution in [3.05, 3.63) is 23.5 Å². The van der Waals surface area contributed by atoms with Crippen LogP contribution in [0.25, 0.3) is 6.08 Å². The molecule has 0 unspecified atom stereocenters.